The van der Waals surface area contributed by atoms with Gasteiger partial charge < -0.3 is 20.5 Å². The number of rotatable bonds is 7. The third kappa shape index (κ3) is 5.11. The van der Waals surface area contributed by atoms with Gasteiger partial charge in [-0.15, -0.1) is 0 Å². The van der Waals surface area contributed by atoms with E-state index in [4.69, 9.17) is 4.74 Å². The molecule has 0 radical (unpaired) electrons. The predicted octanol–water partition coefficient (Wildman–Crippen LogP) is 1.99. The molecule has 1 unspecified atom stereocenters. The molecule has 0 fully saturated rings. The molecule has 5 nitrogen and oxygen atoms in total. The van der Waals surface area contributed by atoms with Crippen LogP contribution < -0.4 is 10.6 Å². The molecule has 2 amide bonds. The minimum Gasteiger partial charge on any atom is -0.383 e. The van der Waals surface area contributed by atoms with Crippen LogP contribution in [0.3, 0.4) is 0 Å². The van der Waals surface area contributed by atoms with E-state index in [-0.39, 0.29) is 12.6 Å². The summed E-state index contributed by atoms with van der Waals surface area (Å²) in [7, 11) is 1.57. The Hall–Kier alpha value is -1.11. The van der Waals surface area contributed by atoms with Gasteiger partial charge in [0.15, 0.2) is 0 Å². The van der Waals surface area contributed by atoms with Crippen molar-refractivity contribution < 1.29 is 14.6 Å². The van der Waals surface area contributed by atoms with Gasteiger partial charge in [0.1, 0.15) is 5.60 Å². The molecule has 112 valence electrons. The Kier molecular flexibility index (Phi) is 6.98. The van der Waals surface area contributed by atoms with E-state index in [0.717, 1.165) is 10.0 Å². The van der Waals surface area contributed by atoms with Gasteiger partial charge in [0.25, 0.3) is 0 Å². The van der Waals surface area contributed by atoms with Gasteiger partial charge in [-0.2, -0.15) is 0 Å². The van der Waals surface area contributed by atoms with Crippen LogP contribution in [0.25, 0.3) is 0 Å². The number of carbonyl (C=O) groups excluding carboxylic acids is 1. The number of nitrogens with one attached hydrogen (secondary N) is 2. The Labute approximate surface area is 127 Å². The smallest absolute Gasteiger partial charge is 0.314 e. The van der Waals surface area contributed by atoms with E-state index >= 15 is 0 Å². The standard InChI is InChI=1S/C14H21BrN2O3/c1-3-14(19,11-4-6-12(15)7-5-11)10-17-13(18)16-8-9-20-2/h4-7,19H,3,8-10H2,1-2H3,(H2,16,17,18). The van der Waals surface area contributed by atoms with E-state index in [1.165, 1.54) is 0 Å². The monoisotopic (exact) mass is 344 g/mol. The van der Waals surface area contributed by atoms with Crippen LogP contribution in [0.2, 0.25) is 0 Å². The molecule has 1 rings (SSSR count). The molecule has 6 heteroatoms. The molecule has 0 aliphatic carbocycles. The van der Waals surface area contributed by atoms with E-state index in [0.29, 0.717) is 19.6 Å². The van der Waals surface area contributed by atoms with Crippen LogP contribution >= 0.6 is 15.9 Å². The molecule has 20 heavy (non-hydrogen) atoms. The van der Waals surface area contributed by atoms with Crippen molar-refractivity contribution in [2.45, 2.75) is 18.9 Å². The van der Waals surface area contributed by atoms with Crippen molar-refractivity contribution in [1.82, 2.24) is 10.6 Å². The maximum Gasteiger partial charge on any atom is 0.314 e. The largest absolute Gasteiger partial charge is 0.383 e. The zero-order valence-corrected chi connectivity index (χ0v) is 13.4. The Balaban J connectivity index is 2.57. The van der Waals surface area contributed by atoms with Gasteiger partial charge in [0, 0.05) is 18.1 Å². The van der Waals surface area contributed by atoms with Crippen LogP contribution in [0.5, 0.6) is 0 Å². The first-order valence-corrected chi connectivity index (χ1v) is 7.30. The highest BCUT2D eigenvalue weighted by Gasteiger charge is 2.27. The molecule has 0 saturated carbocycles. The first kappa shape index (κ1) is 16.9. The maximum atomic E-state index is 11.6. The van der Waals surface area contributed by atoms with Crippen molar-refractivity contribution in [2.75, 3.05) is 26.8 Å². The predicted molar refractivity (Wildman–Crippen MR) is 81.6 cm³/mol. The Morgan fingerprint density at radius 3 is 2.55 bits per heavy atom. The van der Waals surface area contributed by atoms with Crippen LogP contribution in [0.15, 0.2) is 28.7 Å². The number of amides is 2. The summed E-state index contributed by atoms with van der Waals surface area (Å²) in [5.41, 5.74) is -0.292. The molecule has 3 N–H and O–H groups in total. The number of urea groups is 1. The minimum absolute atomic E-state index is 0.157. The summed E-state index contributed by atoms with van der Waals surface area (Å²) in [6.07, 6.45) is 0.507. The van der Waals surface area contributed by atoms with Gasteiger partial charge in [0.05, 0.1) is 13.2 Å². The van der Waals surface area contributed by atoms with Crippen molar-refractivity contribution in [1.29, 1.82) is 0 Å². The molecule has 0 aromatic heterocycles. The Morgan fingerprint density at radius 2 is 2.00 bits per heavy atom. The minimum atomic E-state index is -1.07. The lowest BCUT2D eigenvalue weighted by Gasteiger charge is -2.27. The summed E-state index contributed by atoms with van der Waals surface area (Å²) >= 11 is 3.36. The van der Waals surface area contributed by atoms with Gasteiger partial charge in [0.2, 0.25) is 0 Å². The van der Waals surface area contributed by atoms with Crippen LogP contribution in [-0.2, 0) is 10.3 Å². The average Bonchev–Trinajstić information content (AvgIpc) is 2.46. The number of aliphatic hydroxyl groups is 1. The van der Waals surface area contributed by atoms with Crippen molar-refractivity contribution in [3.63, 3.8) is 0 Å². The molecule has 0 aliphatic rings. The van der Waals surface area contributed by atoms with Gasteiger partial charge >= 0.3 is 6.03 Å². The summed E-state index contributed by atoms with van der Waals surface area (Å²) in [6, 6.07) is 7.12. The number of hydrogen-bond acceptors (Lipinski definition) is 3. The quantitative estimate of drug-likeness (QED) is 0.662. The highest BCUT2D eigenvalue weighted by atomic mass is 79.9. The molecule has 0 bridgehead atoms. The molecule has 1 aromatic rings. The zero-order valence-electron chi connectivity index (χ0n) is 11.8. The number of ether oxygens (including phenoxy) is 1. The first-order chi connectivity index (χ1) is 9.51. The lowest BCUT2D eigenvalue weighted by molar-refractivity contribution is 0.0351. The van der Waals surface area contributed by atoms with Crippen molar-refractivity contribution in [3.05, 3.63) is 34.3 Å². The number of carbonyl (C=O) groups is 1. The van der Waals surface area contributed by atoms with E-state index in [1.54, 1.807) is 7.11 Å². The van der Waals surface area contributed by atoms with Crippen molar-refractivity contribution >= 4 is 22.0 Å². The molecule has 0 spiro atoms. The SMILES string of the molecule is CCC(O)(CNC(=O)NCCOC)c1ccc(Br)cc1. The Bertz CT molecular complexity index is 425. The fourth-order valence-corrected chi connectivity index (χ4v) is 2.01. The van der Waals surface area contributed by atoms with Gasteiger partial charge in [-0.25, -0.2) is 4.79 Å². The van der Waals surface area contributed by atoms with E-state index < -0.39 is 5.60 Å². The van der Waals surface area contributed by atoms with E-state index in [1.807, 2.05) is 31.2 Å². The van der Waals surface area contributed by atoms with Crippen LogP contribution in [0, 0.1) is 0 Å². The molecule has 1 aromatic carbocycles. The fourth-order valence-electron chi connectivity index (χ4n) is 1.75. The lowest BCUT2D eigenvalue weighted by atomic mass is 9.91. The van der Waals surface area contributed by atoms with Crippen molar-refractivity contribution in [3.8, 4) is 0 Å². The van der Waals surface area contributed by atoms with E-state index in [2.05, 4.69) is 26.6 Å². The molecule has 1 atom stereocenters. The molecular formula is C14H21BrN2O3. The molecule has 0 aliphatic heterocycles. The van der Waals surface area contributed by atoms with Gasteiger partial charge in [-0.3, -0.25) is 0 Å². The summed E-state index contributed by atoms with van der Waals surface area (Å²) < 4.78 is 5.79. The molecular weight excluding hydrogens is 324 g/mol. The van der Waals surface area contributed by atoms with Gasteiger partial charge in [-0.1, -0.05) is 35.0 Å². The highest BCUT2D eigenvalue weighted by Crippen LogP contribution is 2.25. The second-order valence-electron chi connectivity index (χ2n) is 4.49. The topological polar surface area (TPSA) is 70.6 Å². The highest BCUT2D eigenvalue weighted by molar-refractivity contribution is 9.10. The fraction of sp³-hybridized carbons (Fsp3) is 0.500. The summed E-state index contributed by atoms with van der Waals surface area (Å²) in [4.78, 5) is 11.6. The van der Waals surface area contributed by atoms with E-state index in [9.17, 15) is 9.90 Å². The third-order valence-corrected chi connectivity index (χ3v) is 3.63. The number of methoxy groups -OCH3 is 1. The average molecular weight is 345 g/mol. The zero-order chi connectivity index (χ0) is 15.0. The molecule has 0 saturated heterocycles. The summed E-state index contributed by atoms with van der Waals surface area (Å²) in [5, 5.41) is 15.9. The Morgan fingerprint density at radius 1 is 1.35 bits per heavy atom. The van der Waals surface area contributed by atoms with Gasteiger partial charge in [-0.05, 0) is 24.1 Å². The second-order valence-corrected chi connectivity index (χ2v) is 5.41. The van der Waals surface area contributed by atoms with Crippen molar-refractivity contribution in [2.24, 2.45) is 0 Å². The van der Waals surface area contributed by atoms with Crippen LogP contribution in [-0.4, -0.2) is 37.9 Å². The normalized spacial score (nSPS) is 13.6. The molecule has 0 heterocycles. The number of halogens is 1. The summed E-state index contributed by atoms with van der Waals surface area (Å²) in [5.74, 6) is 0. The maximum absolute atomic E-state index is 11.6. The van der Waals surface area contributed by atoms with Crippen LogP contribution in [0.4, 0.5) is 4.79 Å². The second kappa shape index (κ2) is 8.24. The lowest BCUT2D eigenvalue weighted by Crippen LogP contribution is -2.45. The third-order valence-electron chi connectivity index (χ3n) is 3.10. The van der Waals surface area contributed by atoms with Crippen LogP contribution in [0.1, 0.15) is 18.9 Å². The number of benzene rings is 1. The summed E-state index contributed by atoms with van der Waals surface area (Å²) in [6.45, 7) is 2.93. The first-order valence-electron chi connectivity index (χ1n) is 6.51. The number of hydrogen-bond donors (Lipinski definition) is 3.